The fraction of sp³-hybridized carbons (Fsp3) is 0.321. The van der Waals surface area contributed by atoms with Crippen LogP contribution in [0.2, 0.25) is 0 Å². The average Bonchev–Trinajstić information content (AvgIpc) is 2.92. The summed E-state index contributed by atoms with van der Waals surface area (Å²) < 4.78 is 16.4. The van der Waals surface area contributed by atoms with Crippen LogP contribution in [0.1, 0.15) is 34.1 Å². The van der Waals surface area contributed by atoms with Gasteiger partial charge in [-0.1, -0.05) is 42.5 Å². The third-order valence-corrected chi connectivity index (χ3v) is 6.38. The second-order valence-electron chi connectivity index (χ2n) is 8.58. The lowest BCUT2D eigenvalue weighted by atomic mass is 9.94. The number of carbonyl (C=O) groups excluding carboxylic acids is 2. The van der Waals surface area contributed by atoms with Crippen molar-refractivity contribution < 1.29 is 23.8 Å². The third-order valence-electron chi connectivity index (χ3n) is 6.38. The summed E-state index contributed by atoms with van der Waals surface area (Å²) in [6.45, 7) is 3.22. The summed E-state index contributed by atoms with van der Waals surface area (Å²) >= 11 is 0. The predicted molar refractivity (Wildman–Crippen MR) is 135 cm³/mol. The molecule has 1 N–H and O–H groups in total. The zero-order valence-corrected chi connectivity index (χ0v) is 20.8. The van der Waals surface area contributed by atoms with Crippen LogP contribution in [-0.2, 0) is 33.8 Å². The molecule has 0 saturated carbocycles. The molecule has 1 aliphatic rings. The number of ether oxygens (including phenoxy) is 3. The molecule has 36 heavy (non-hydrogen) atoms. The highest BCUT2D eigenvalue weighted by atomic mass is 16.5. The van der Waals surface area contributed by atoms with E-state index in [4.69, 9.17) is 14.2 Å². The van der Waals surface area contributed by atoms with Crippen LogP contribution in [0, 0.1) is 6.92 Å². The molecule has 2 amide bonds. The van der Waals surface area contributed by atoms with Crippen molar-refractivity contribution in [1.29, 1.82) is 0 Å². The molecule has 0 spiro atoms. The van der Waals surface area contributed by atoms with E-state index in [1.54, 1.807) is 24.1 Å². The first kappa shape index (κ1) is 25.2. The molecule has 1 atom stereocenters. The molecule has 8 heteroatoms. The monoisotopic (exact) mass is 489 g/mol. The Kier molecular flexibility index (Phi) is 8.17. The Bertz CT molecular complexity index is 1220. The van der Waals surface area contributed by atoms with Crippen LogP contribution in [0.4, 0.5) is 0 Å². The first-order chi connectivity index (χ1) is 17.5. The van der Waals surface area contributed by atoms with Crippen molar-refractivity contribution in [3.05, 3.63) is 88.7 Å². The van der Waals surface area contributed by atoms with Crippen LogP contribution in [0.5, 0.6) is 11.5 Å². The van der Waals surface area contributed by atoms with E-state index in [9.17, 15) is 9.59 Å². The molecule has 0 radical (unpaired) electrons. The fourth-order valence-corrected chi connectivity index (χ4v) is 4.43. The van der Waals surface area contributed by atoms with Crippen LogP contribution in [-0.4, -0.2) is 49.1 Å². The molecule has 0 bridgehead atoms. The molecule has 188 valence electrons. The van der Waals surface area contributed by atoms with Crippen molar-refractivity contribution in [3.8, 4) is 11.5 Å². The minimum atomic E-state index is -0.685. The van der Waals surface area contributed by atoms with E-state index < -0.39 is 6.10 Å². The number of aromatic nitrogens is 1. The molecule has 1 aliphatic heterocycles. The highest BCUT2D eigenvalue weighted by Gasteiger charge is 2.26. The van der Waals surface area contributed by atoms with E-state index in [0.29, 0.717) is 37.6 Å². The van der Waals surface area contributed by atoms with Gasteiger partial charge in [0, 0.05) is 38.6 Å². The van der Waals surface area contributed by atoms with Crippen LogP contribution >= 0.6 is 0 Å². The maximum absolute atomic E-state index is 12.9. The number of benzene rings is 2. The van der Waals surface area contributed by atoms with Crippen LogP contribution in [0.3, 0.4) is 0 Å². The Labute approximate surface area is 211 Å². The number of hydrogen-bond donors (Lipinski definition) is 1. The number of hydrogen-bond acceptors (Lipinski definition) is 6. The van der Waals surface area contributed by atoms with Gasteiger partial charge < -0.3 is 24.4 Å². The maximum atomic E-state index is 12.9. The molecular weight excluding hydrogens is 458 g/mol. The number of nitrogens with zero attached hydrogens (tertiary/aromatic N) is 2. The Morgan fingerprint density at radius 3 is 2.50 bits per heavy atom. The molecule has 2 aromatic carbocycles. The zero-order chi connectivity index (χ0) is 25.5. The van der Waals surface area contributed by atoms with Gasteiger partial charge in [-0.2, -0.15) is 0 Å². The van der Waals surface area contributed by atoms with E-state index in [-0.39, 0.29) is 18.4 Å². The highest BCUT2D eigenvalue weighted by molar-refractivity contribution is 5.82. The van der Waals surface area contributed by atoms with Gasteiger partial charge >= 0.3 is 0 Å². The number of aryl methyl sites for hydroxylation is 1. The van der Waals surface area contributed by atoms with Gasteiger partial charge in [-0.3, -0.25) is 14.6 Å². The van der Waals surface area contributed by atoms with Gasteiger partial charge in [-0.15, -0.1) is 0 Å². The summed E-state index contributed by atoms with van der Waals surface area (Å²) in [6.07, 6.45) is 1.81. The van der Waals surface area contributed by atoms with Gasteiger partial charge in [0.1, 0.15) is 0 Å². The molecule has 0 aliphatic carbocycles. The molecule has 4 rings (SSSR count). The second kappa shape index (κ2) is 11.7. The van der Waals surface area contributed by atoms with Gasteiger partial charge in [0.25, 0.3) is 11.8 Å². The van der Waals surface area contributed by atoms with Crippen molar-refractivity contribution in [2.45, 2.75) is 32.5 Å². The van der Waals surface area contributed by atoms with Crippen LogP contribution in [0.15, 0.2) is 60.8 Å². The minimum absolute atomic E-state index is 0.0736. The zero-order valence-electron chi connectivity index (χ0n) is 20.8. The Morgan fingerprint density at radius 2 is 1.78 bits per heavy atom. The lowest BCUT2D eigenvalue weighted by Crippen LogP contribution is -2.39. The maximum Gasteiger partial charge on any atom is 0.260 e. The molecular formula is C28H31N3O5. The number of rotatable bonds is 9. The van der Waals surface area contributed by atoms with Crippen LogP contribution < -0.4 is 14.8 Å². The summed E-state index contributed by atoms with van der Waals surface area (Å²) in [6, 6.07) is 16.6. The van der Waals surface area contributed by atoms with Gasteiger partial charge in [0.05, 0.1) is 7.11 Å². The van der Waals surface area contributed by atoms with Crippen molar-refractivity contribution in [2.24, 2.45) is 0 Å². The van der Waals surface area contributed by atoms with Gasteiger partial charge in [0.15, 0.2) is 24.2 Å². The molecule has 3 aromatic rings. The molecule has 8 nitrogen and oxygen atoms in total. The van der Waals surface area contributed by atoms with Gasteiger partial charge in [0.2, 0.25) is 0 Å². The predicted octanol–water partition coefficient (Wildman–Crippen LogP) is 3.37. The smallest absolute Gasteiger partial charge is 0.260 e. The number of fused-ring (bicyclic) bond motifs is 1. The quantitative estimate of drug-likeness (QED) is 0.496. The molecule has 2 heterocycles. The van der Waals surface area contributed by atoms with Crippen LogP contribution in [0.25, 0.3) is 0 Å². The van der Waals surface area contributed by atoms with Crippen molar-refractivity contribution >= 4 is 11.8 Å². The summed E-state index contributed by atoms with van der Waals surface area (Å²) in [7, 11) is 3.09. The highest BCUT2D eigenvalue weighted by Crippen LogP contribution is 2.27. The number of carbonyl (C=O) groups is 2. The number of para-hydroxylation sites is 2. The fourth-order valence-electron chi connectivity index (χ4n) is 4.43. The topological polar surface area (TPSA) is 90.0 Å². The van der Waals surface area contributed by atoms with Crippen molar-refractivity contribution in [1.82, 2.24) is 15.2 Å². The summed E-state index contributed by atoms with van der Waals surface area (Å²) in [5.41, 5.74) is 4.76. The number of nitrogens with one attached hydrogen (secondary N) is 1. The van der Waals surface area contributed by atoms with E-state index >= 15 is 0 Å². The number of amides is 2. The standard InChI is InChI=1S/C28H31N3O5/c1-19-23(16-30-28(33)27(35-3)20-9-5-4-6-10-20)22-13-14-31(17-21(22)15-29-19)26(32)18-36-25-12-8-7-11-24(25)34-2/h4-12,15,27H,13-14,16-18H2,1-3H3,(H,30,33). The van der Waals surface area contributed by atoms with Crippen molar-refractivity contribution in [2.75, 3.05) is 27.4 Å². The first-order valence-corrected chi connectivity index (χ1v) is 11.9. The van der Waals surface area contributed by atoms with E-state index in [1.165, 1.54) is 7.11 Å². The van der Waals surface area contributed by atoms with Gasteiger partial charge in [-0.05, 0) is 47.7 Å². The lowest BCUT2D eigenvalue weighted by Gasteiger charge is -2.30. The van der Waals surface area contributed by atoms with Crippen molar-refractivity contribution in [3.63, 3.8) is 0 Å². The first-order valence-electron chi connectivity index (χ1n) is 11.9. The average molecular weight is 490 g/mol. The largest absolute Gasteiger partial charge is 0.493 e. The Balaban J connectivity index is 1.40. The summed E-state index contributed by atoms with van der Waals surface area (Å²) in [4.78, 5) is 32.0. The normalized spacial score (nSPS) is 13.5. The molecule has 1 aromatic heterocycles. The Hall–Kier alpha value is -3.91. The minimum Gasteiger partial charge on any atom is -0.493 e. The van der Waals surface area contributed by atoms with Gasteiger partial charge in [-0.25, -0.2) is 0 Å². The SMILES string of the molecule is COc1ccccc1OCC(=O)N1CCc2c(cnc(C)c2CNC(=O)C(OC)c2ccccc2)C1. The molecule has 0 fully saturated rings. The van der Waals surface area contributed by atoms with E-state index in [2.05, 4.69) is 10.3 Å². The second-order valence-corrected chi connectivity index (χ2v) is 8.58. The Morgan fingerprint density at radius 1 is 1.06 bits per heavy atom. The van der Waals surface area contributed by atoms with E-state index in [1.807, 2.05) is 55.6 Å². The summed E-state index contributed by atoms with van der Waals surface area (Å²) in [5, 5.41) is 3.01. The summed E-state index contributed by atoms with van der Waals surface area (Å²) in [5.74, 6) is 0.809. The lowest BCUT2D eigenvalue weighted by molar-refractivity contribution is -0.134. The van der Waals surface area contributed by atoms with E-state index in [0.717, 1.165) is 27.9 Å². The third kappa shape index (κ3) is 5.66. The number of pyridine rings is 1. The number of methoxy groups -OCH3 is 2. The molecule has 1 unspecified atom stereocenters. The molecule has 0 saturated heterocycles.